The summed E-state index contributed by atoms with van der Waals surface area (Å²) in [6.07, 6.45) is 0. The Morgan fingerprint density at radius 3 is 2.30 bits per heavy atom. The predicted molar refractivity (Wildman–Crippen MR) is 84.7 cm³/mol. The van der Waals surface area contributed by atoms with Gasteiger partial charge in [0.25, 0.3) is 0 Å². The molecule has 2 N–H and O–H groups in total. The molecule has 1 aromatic heterocycles. The zero-order valence-corrected chi connectivity index (χ0v) is 12.8. The third-order valence-corrected chi connectivity index (χ3v) is 2.94. The minimum absolute atomic E-state index is 0.0874. The molecule has 2 rings (SSSR count). The second-order valence-electron chi connectivity index (χ2n) is 5.96. The highest BCUT2D eigenvalue weighted by atomic mass is 15.1. The first kappa shape index (κ1) is 14.3. The molecule has 0 radical (unpaired) electrons. The zero-order chi connectivity index (χ0) is 14.8. The number of aromatic nitrogens is 2. The van der Waals surface area contributed by atoms with E-state index in [1.165, 1.54) is 5.56 Å². The number of aryl methyl sites for hydroxylation is 1. The van der Waals surface area contributed by atoms with Crippen molar-refractivity contribution in [3.63, 3.8) is 0 Å². The van der Waals surface area contributed by atoms with Crippen molar-refractivity contribution in [3.05, 3.63) is 41.7 Å². The lowest BCUT2D eigenvalue weighted by molar-refractivity contribution is 0.547. The number of rotatable bonds is 3. The molecule has 0 fully saturated rings. The summed E-state index contributed by atoms with van der Waals surface area (Å²) in [5.74, 6) is 2.44. The highest BCUT2D eigenvalue weighted by Crippen LogP contribution is 2.24. The van der Waals surface area contributed by atoms with E-state index in [2.05, 4.69) is 60.4 Å². The Bertz CT molecular complexity index is 600. The van der Waals surface area contributed by atoms with Gasteiger partial charge < -0.3 is 10.6 Å². The molecule has 0 aliphatic carbocycles. The van der Waals surface area contributed by atoms with Crippen LogP contribution in [-0.4, -0.2) is 17.0 Å². The average Bonchev–Trinajstić information content (AvgIpc) is 2.37. The van der Waals surface area contributed by atoms with Crippen molar-refractivity contribution in [3.8, 4) is 0 Å². The maximum atomic E-state index is 4.62. The molecule has 1 aromatic carbocycles. The Morgan fingerprint density at radius 1 is 1.00 bits per heavy atom. The van der Waals surface area contributed by atoms with E-state index >= 15 is 0 Å². The molecule has 1 heterocycles. The molecule has 0 aliphatic heterocycles. The normalized spacial score (nSPS) is 11.2. The molecule has 2 aromatic rings. The summed E-state index contributed by atoms with van der Waals surface area (Å²) in [5, 5.41) is 6.43. The van der Waals surface area contributed by atoms with Gasteiger partial charge in [-0.2, -0.15) is 0 Å². The van der Waals surface area contributed by atoms with Gasteiger partial charge in [0.15, 0.2) is 0 Å². The standard InChI is InChI=1S/C16H22N4/c1-11-7-6-8-12(9-11)18-14-10-13(17-5)19-15(20-14)16(2,3)4/h6-10H,1-5H3,(H2,17,18,19,20). The Hall–Kier alpha value is -2.10. The van der Waals surface area contributed by atoms with Gasteiger partial charge in [0.05, 0.1) is 0 Å². The molecule has 0 saturated carbocycles. The van der Waals surface area contributed by atoms with E-state index in [1.54, 1.807) is 0 Å². The molecule has 0 spiro atoms. The van der Waals surface area contributed by atoms with E-state index in [4.69, 9.17) is 0 Å². The molecule has 0 atom stereocenters. The van der Waals surface area contributed by atoms with Crippen LogP contribution in [0, 0.1) is 6.92 Å². The van der Waals surface area contributed by atoms with Gasteiger partial charge in [-0.05, 0) is 24.6 Å². The molecule has 0 unspecified atom stereocenters. The van der Waals surface area contributed by atoms with Crippen LogP contribution in [0.3, 0.4) is 0 Å². The lowest BCUT2D eigenvalue weighted by Gasteiger charge is -2.19. The Labute approximate surface area is 120 Å². The topological polar surface area (TPSA) is 49.8 Å². The van der Waals surface area contributed by atoms with Crippen LogP contribution >= 0.6 is 0 Å². The van der Waals surface area contributed by atoms with E-state index in [9.17, 15) is 0 Å². The minimum atomic E-state index is -0.0874. The zero-order valence-electron chi connectivity index (χ0n) is 12.8. The second kappa shape index (κ2) is 5.49. The Morgan fingerprint density at radius 2 is 1.70 bits per heavy atom. The third kappa shape index (κ3) is 3.47. The highest BCUT2D eigenvalue weighted by Gasteiger charge is 2.19. The van der Waals surface area contributed by atoms with Gasteiger partial charge in [-0.15, -0.1) is 0 Å². The highest BCUT2D eigenvalue weighted by molar-refractivity contribution is 5.60. The van der Waals surface area contributed by atoms with Crippen molar-refractivity contribution in [2.24, 2.45) is 0 Å². The first-order valence-corrected chi connectivity index (χ1v) is 6.79. The molecule has 0 saturated heterocycles. The number of anilines is 3. The molecular formula is C16H22N4. The van der Waals surface area contributed by atoms with Crippen LogP contribution in [0.2, 0.25) is 0 Å². The molecule has 4 nitrogen and oxygen atoms in total. The van der Waals surface area contributed by atoms with Crippen LogP contribution in [0.4, 0.5) is 17.3 Å². The monoisotopic (exact) mass is 270 g/mol. The number of nitrogens with zero attached hydrogens (tertiary/aromatic N) is 2. The summed E-state index contributed by atoms with van der Waals surface area (Å²) >= 11 is 0. The van der Waals surface area contributed by atoms with Crippen LogP contribution in [0.15, 0.2) is 30.3 Å². The van der Waals surface area contributed by atoms with Gasteiger partial charge in [-0.3, -0.25) is 0 Å². The molecule has 0 bridgehead atoms. The maximum absolute atomic E-state index is 4.62. The van der Waals surface area contributed by atoms with Crippen molar-refractivity contribution >= 4 is 17.3 Å². The largest absolute Gasteiger partial charge is 0.373 e. The molecule has 0 aliphatic rings. The van der Waals surface area contributed by atoms with E-state index in [1.807, 2.05) is 25.2 Å². The van der Waals surface area contributed by atoms with Gasteiger partial charge in [-0.25, -0.2) is 9.97 Å². The number of nitrogens with one attached hydrogen (secondary N) is 2. The van der Waals surface area contributed by atoms with Gasteiger partial charge in [0.2, 0.25) is 0 Å². The quantitative estimate of drug-likeness (QED) is 0.889. The summed E-state index contributed by atoms with van der Waals surface area (Å²) in [6.45, 7) is 8.40. The lowest BCUT2D eigenvalue weighted by Crippen LogP contribution is -2.17. The van der Waals surface area contributed by atoms with E-state index in [0.717, 1.165) is 23.1 Å². The smallest absolute Gasteiger partial charge is 0.138 e. The van der Waals surface area contributed by atoms with Crippen LogP contribution in [-0.2, 0) is 5.41 Å². The maximum Gasteiger partial charge on any atom is 0.138 e. The first-order valence-electron chi connectivity index (χ1n) is 6.79. The van der Waals surface area contributed by atoms with Crippen LogP contribution in [0.25, 0.3) is 0 Å². The van der Waals surface area contributed by atoms with Gasteiger partial charge in [0.1, 0.15) is 17.5 Å². The van der Waals surface area contributed by atoms with Crippen LogP contribution in [0.1, 0.15) is 32.2 Å². The van der Waals surface area contributed by atoms with E-state index in [-0.39, 0.29) is 5.41 Å². The molecular weight excluding hydrogens is 248 g/mol. The molecule has 4 heteroatoms. The summed E-state index contributed by atoms with van der Waals surface area (Å²) in [4.78, 5) is 9.14. The van der Waals surface area contributed by atoms with E-state index in [0.29, 0.717) is 0 Å². The summed E-state index contributed by atoms with van der Waals surface area (Å²) in [5.41, 5.74) is 2.16. The van der Waals surface area contributed by atoms with Crippen molar-refractivity contribution in [2.45, 2.75) is 33.1 Å². The fourth-order valence-electron chi connectivity index (χ4n) is 1.85. The predicted octanol–water partition coefficient (Wildman–Crippen LogP) is 3.87. The molecule has 106 valence electrons. The minimum Gasteiger partial charge on any atom is -0.373 e. The lowest BCUT2D eigenvalue weighted by atomic mass is 9.96. The summed E-state index contributed by atoms with van der Waals surface area (Å²) < 4.78 is 0. The summed E-state index contributed by atoms with van der Waals surface area (Å²) in [7, 11) is 1.87. The van der Waals surface area contributed by atoms with Crippen molar-refractivity contribution in [1.82, 2.24) is 9.97 Å². The van der Waals surface area contributed by atoms with Crippen molar-refractivity contribution < 1.29 is 0 Å². The van der Waals surface area contributed by atoms with Crippen molar-refractivity contribution in [2.75, 3.05) is 17.7 Å². The second-order valence-corrected chi connectivity index (χ2v) is 5.96. The fourth-order valence-corrected chi connectivity index (χ4v) is 1.85. The van der Waals surface area contributed by atoms with Crippen LogP contribution < -0.4 is 10.6 Å². The van der Waals surface area contributed by atoms with Crippen molar-refractivity contribution in [1.29, 1.82) is 0 Å². The average molecular weight is 270 g/mol. The van der Waals surface area contributed by atoms with Gasteiger partial charge in [-0.1, -0.05) is 32.9 Å². The Kier molecular flexibility index (Phi) is 3.93. The van der Waals surface area contributed by atoms with Gasteiger partial charge >= 0.3 is 0 Å². The Balaban J connectivity index is 2.36. The number of benzene rings is 1. The molecule has 20 heavy (non-hydrogen) atoms. The van der Waals surface area contributed by atoms with Crippen LogP contribution in [0.5, 0.6) is 0 Å². The summed E-state index contributed by atoms with van der Waals surface area (Å²) in [6, 6.07) is 10.1. The number of hydrogen-bond donors (Lipinski definition) is 2. The third-order valence-electron chi connectivity index (χ3n) is 2.94. The van der Waals surface area contributed by atoms with E-state index < -0.39 is 0 Å². The molecule has 0 amide bonds. The van der Waals surface area contributed by atoms with Gasteiger partial charge in [0, 0.05) is 24.2 Å². The number of hydrogen-bond acceptors (Lipinski definition) is 4. The first-order chi connectivity index (χ1) is 9.38. The SMILES string of the molecule is CNc1cc(Nc2cccc(C)c2)nc(C(C)(C)C)n1. The fraction of sp³-hybridized carbons (Fsp3) is 0.375.